The number of nitrogens with zero attached hydrogens (tertiary/aromatic N) is 2. The minimum absolute atomic E-state index is 0.0179. The molecule has 0 unspecified atom stereocenters. The average molecular weight is 417 g/mol. The van der Waals surface area contributed by atoms with Gasteiger partial charge in [0.05, 0.1) is 23.6 Å². The summed E-state index contributed by atoms with van der Waals surface area (Å²) in [6.07, 6.45) is 0.177. The van der Waals surface area contributed by atoms with Gasteiger partial charge in [-0.25, -0.2) is 9.59 Å². The standard InChI is InChI=1S/C20H24N2O6Si/c1-10(28-29(3,4)5)16-14-9-12(17(19(24)25)22(14)18(16)23)11-6-7-15-13(8-11)21(2)20(26)27-15/h6-8,10,14,16H,9H2,1-5H3,(H,24,25)/t10-,14-,16-/m1/s1. The van der Waals surface area contributed by atoms with E-state index in [2.05, 4.69) is 19.6 Å². The molecule has 2 aliphatic heterocycles. The van der Waals surface area contributed by atoms with E-state index in [1.165, 1.54) is 9.47 Å². The number of benzene rings is 1. The molecule has 0 radical (unpaired) electrons. The van der Waals surface area contributed by atoms with Crippen LogP contribution in [0.3, 0.4) is 0 Å². The zero-order valence-corrected chi connectivity index (χ0v) is 18.1. The van der Waals surface area contributed by atoms with Crippen LogP contribution in [-0.2, 0) is 21.1 Å². The second-order valence-corrected chi connectivity index (χ2v) is 13.1. The Balaban J connectivity index is 1.72. The number of β-lactam (4-membered cyclic amide) rings is 1. The largest absolute Gasteiger partial charge is 0.477 e. The predicted octanol–water partition coefficient (Wildman–Crippen LogP) is 2.40. The van der Waals surface area contributed by atoms with Crippen molar-refractivity contribution in [1.29, 1.82) is 0 Å². The van der Waals surface area contributed by atoms with Gasteiger partial charge in [-0.15, -0.1) is 0 Å². The number of aryl methyl sites for hydroxylation is 1. The van der Waals surface area contributed by atoms with Crippen LogP contribution in [0.2, 0.25) is 19.6 Å². The van der Waals surface area contributed by atoms with Gasteiger partial charge in [-0.2, -0.15) is 0 Å². The monoisotopic (exact) mass is 416 g/mol. The molecule has 0 bridgehead atoms. The van der Waals surface area contributed by atoms with E-state index >= 15 is 0 Å². The first-order valence-corrected chi connectivity index (χ1v) is 13.0. The highest BCUT2D eigenvalue weighted by Crippen LogP contribution is 2.47. The van der Waals surface area contributed by atoms with E-state index in [0.717, 1.165) is 0 Å². The number of oxazole rings is 1. The Labute approximate surface area is 168 Å². The van der Waals surface area contributed by atoms with Gasteiger partial charge in [0.1, 0.15) is 5.70 Å². The summed E-state index contributed by atoms with van der Waals surface area (Å²) in [5.74, 6) is -2.16. The van der Waals surface area contributed by atoms with E-state index in [1.807, 2.05) is 6.92 Å². The van der Waals surface area contributed by atoms with Crippen LogP contribution in [-0.4, -0.2) is 46.9 Å². The van der Waals surface area contributed by atoms with Crippen molar-refractivity contribution in [2.24, 2.45) is 13.0 Å². The SMILES string of the molecule is C[C@@H](O[Si](C)(C)C)[C@H]1C(=O)N2C(C(=O)O)=C(c3ccc4oc(=O)n(C)c4c3)C[C@H]12. The molecule has 1 aromatic carbocycles. The number of hydrogen-bond donors (Lipinski definition) is 1. The third-order valence-electron chi connectivity index (χ3n) is 5.60. The Morgan fingerprint density at radius 2 is 2.00 bits per heavy atom. The zero-order valence-electron chi connectivity index (χ0n) is 17.1. The minimum Gasteiger partial charge on any atom is -0.477 e. The van der Waals surface area contributed by atoms with Crippen molar-refractivity contribution in [1.82, 2.24) is 9.47 Å². The zero-order chi connectivity index (χ0) is 21.2. The van der Waals surface area contributed by atoms with Crippen molar-refractivity contribution < 1.29 is 23.5 Å². The molecular formula is C20H24N2O6Si. The van der Waals surface area contributed by atoms with E-state index in [4.69, 9.17) is 8.84 Å². The first-order chi connectivity index (χ1) is 13.5. The van der Waals surface area contributed by atoms with Crippen LogP contribution in [0.25, 0.3) is 16.7 Å². The molecule has 1 N–H and O–H groups in total. The molecule has 3 atom stereocenters. The predicted molar refractivity (Wildman–Crippen MR) is 109 cm³/mol. The molecule has 0 saturated carbocycles. The highest BCUT2D eigenvalue weighted by Gasteiger charge is 2.57. The molecule has 2 aromatic rings. The number of carboxylic acid groups (broad SMARTS) is 1. The van der Waals surface area contributed by atoms with Gasteiger partial charge in [0.15, 0.2) is 13.9 Å². The summed E-state index contributed by atoms with van der Waals surface area (Å²) in [7, 11) is -0.238. The Kier molecular flexibility index (Phi) is 4.36. The summed E-state index contributed by atoms with van der Waals surface area (Å²) in [6.45, 7) is 8.09. The van der Waals surface area contributed by atoms with Gasteiger partial charge in [-0.1, -0.05) is 6.07 Å². The highest BCUT2D eigenvalue weighted by atomic mass is 28.4. The van der Waals surface area contributed by atoms with Gasteiger partial charge in [-0.05, 0) is 56.3 Å². The molecule has 1 saturated heterocycles. The van der Waals surface area contributed by atoms with Crippen LogP contribution < -0.4 is 5.76 Å². The molecule has 8 nitrogen and oxygen atoms in total. The Hall–Kier alpha value is -2.65. The number of aliphatic carboxylic acids is 1. The van der Waals surface area contributed by atoms with Crippen LogP contribution in [0, 0.1) is 5.92 Å². The van der Waals surface area contributed by atoms with E-state index in [0.29, 0.717) is 28.7 Å². The van der Waals surface area contributed by atoms with Crippen molar-refractivity contribution in [2.75, 3.05) is 0 Å². The van der Waals surface area contributed by atoms with E-state index in [9.17, 15) is 19.5 Å². The number of fused-ring (bicyclic) bond motifs is 2. The maximum atomic E-state index is 12.8. The first kappa shape index (κ1) is 19.7. The van der Waals surface area contributed by atoms with Crippen LogP contribution in [0.1, 0.15) is 18.9 Å². The highest BCUT2D eigenvalue weighted by molar-refractivity contribution is 6.69. The van der Waals surface area contributed by atoms with Crippen LogP contribution in [0.5, 0.6) is 0 Å². The van der Waals surface area contributed by atoms with Crippen molar-refractivity contribution in [2.45, 2.75) is 45.1 Å². The van der Waals surface area contributed by atoms with Crippen LogP contribution in [0.4, 0.5) is 0 Å². The van der Waals surface area contributed by atoms with Gasteiger partial charge in [0, 0.05) is 7.05 Å². The van der Waals surface area contributed by atoms with Crippen molar-refractivity contribution >= 4 is 36.9 Å². The fourth-order valence-electron chi connectivity index (χ4n) is 4.46. The van der Waals surface area contributed by atoms with E-state index in [-0.39, 0.29) is 29.7 Å². The summed E-state index contributed by atoms with van der Waals surface area (Å²) < 4.78 is 12.6. The van der Waals surface area contributed by atoms with Gasteiger partial charge in [0.2, 0.25) is 5.91 Å². The normalized spacial score (nSPS) is 22.8. The number of amides is 1. The van der Waals surface area contributed by atoms with Crippen molar-refractivity contribution in [3.05, 3.63) is 40.0 Å². The maximum absolute atomic E-state index is 12.8. The molecule has 4 rings (SSSR count). The summed E-state index contributed by atoms with van der Waals surface area (Å²) >= 11 is 0. The molecule has 1 amide bonds. The molecule has 154 valence electrons. The quantitative estimate of drug-likeness (QED) is 0.593. The van der Waals surface area contributed by atoms with Gasteiger partial charge < -0.3 is 18.8 Å². The van der Waals surface area contributed by atoms with E-state index < -0.39 is 20.0 Å². The topological polar surface area (TPSA) is 102 Å². The Morgan fingerprint density at radius 3 is 2.62 bits per heavy atom. The molecule has 0 spiro atoms. The lowest BCUT2D eigenvalue weighted by atomic mass is 9.82. The average Bonchev–Trinajstić information content (AvgIpc) is 3.08. The molecule has 0 aliphatic carbocycles. The molecule has 1 fully saturated rings. The maximum Gasteiger partial charge on any atom is 0.419 e. The van der Waals surface area contributed by atoms with Gasteiger partial charge >= 0.3 is 11.7 Å². The molecule has 29 heavy (non-hydrogen) atoms. The number of carboxylic acids is 1. The molecular weight excluding hydrogens is 392 g/mol. The second kappa shape index (κ2) is 6.43. The fraction of sp³-hybridized carbons (Fsp3) is 0.450. The van der Waals surface area contributed by atoms with Crippen molar-refractivity contribution in [3.63, 3.8) is 0 Å². The summed E-state index contributed by atoms with van der Waals surface area (Å²) in [6, 6.07) is 4.91. The summed E-state index contributed by atoms with van der Waals surface area (Å²) in [5, 5.41) is 9.82. The molecule has 1 aromatic heterocycles. The molecule has 3 heterocycles. The number of aromatic nitrogens is 1. The second-order valence-electron chi connectivity index (χ2n) is 8.68. The number of carbonyl (C=O) groups is 2. The van der Waals surface area contributed by atoms with Crippen LogP contribution >= 0.6 is 0 Å². The fourth-order valence-corrected chi connectivity index (χ4v) is 5.72. The van der Waals surface area contributed by atoms with Crippen LogP contribution in [0.15, 0.2) is 33.1 Å². The third-order valence-corrected chi connectivity index (χ3v) is 6.68. The summed E-state index contributed by atoms with van der Waals surface area (Å²) in [5.41, 5.74) is 2.30. The first-order valence-electron chi connectivity index (χ1n) is 9.57. The summed E-state index contributed by atoms with van der Waals surface area (Å²) in [4.78, 5) is 38.0. The smallest absolute Gasteiger partial charge is 0.419 e. The number of rotatable bonds is 5. The third kappa shape index (κ3) is 3.05. The van der Waals surface area contributed by atoms with Gasteiger partial charge in [-0.3, -0.25) is 9.36 Å². The lowest BCUT2D eigenvalue weighted by molar-refractivity contribution is -0.160. The lowest BCUT2D eigenvalue weighted by Gasteiger charge is -2.47. The molecule has 9 heteroatoms. The number of carbonyl (C=O) groups excluding carboxylic acids is 1. The Bertz CT molecular complexity index is 1120. The lowest BCUT2D eigenvalue weighted by Crippen LogP contribution is -2.63. The number of hydrogen-bond acceptors (Lipinski definition) is 5. The van der Waals surface area contributed by atoms with E-state index in [1.54, 1.807) is 25.2 Å². The molecule has 2 aliphatic rings. The van der Waals surface area contributed by atoms with Gasteiger partial charge in [0.25, 0.3) is 0 Å². The minimum atomic E-state index is -1.84. The van der Waals surface area contributed by atoms with Crippen molar-refractivity contribution in [3.8, 4) is 0 Å². The Morgan fingerprint density at radius 1 is 1.31 bits per heavy atom.